The van der Waals surface area contributed by atoms with Crippen molar-refractivity contribution in [2.45, 2.75) is 13.1 Å². The van der Waals surface area contributed by atoms with E-state index < -0.39 is 0 Å². The summed E-state index contributed by atoms with van der Waals surface area (Å²) in [6.45, 7) is 6.01. The van der Waals surface area contributed by atoms with Crippen LogP contribution in [0.5, 0.6) is 0 Å². The first-order valence-corrected chi connectivity index (χ1v) is 10.8. The lowest BCUT2D eigenvalue weighted by Gasteiger charge is -2.33. The Morgan fingerprint density at radius 2 is 1.78 bits per heavy atom. The lowest BCUT2D eigenvalue weighted by molar-refractivity contribution is 0.120. The monoisotopic (exact) mass is 396 g/mol. The number of fused-ring (bicyclic) bond motifs is 1. The van der Waals surface area contributed by atoms with E-state index in [1.807, 2.05) is 17.4 Å². The van der Waals surface area contributed by atoms with E-state index in [1.165, 1.54) is 9.71 Å². The third kappa shape index (κ3) is 3.82. The highest BCUT2D eigenvalue weighted by atomic mass is 32.1. The molecule has 5 nitrogen and oxygen atoms in total. The fourth-order valence-corrected chi connectivity index (χ4v) is 5.12. The minimum atomic E-state index is 0.851. The number of nitrogens with zero attached hydrogens (tertiary/aromatic N) is 4. The van der Waals surface area contributed by atoms with Gasteiger partial charge in [0.25, 0.3) is 0 Å². The van der Waals surface area contributed by atoms with Crippen molar-refractivity contribution in [1.29, 1.82) is 0 Å². The van der Waals surface area contributed by atoms with Gasteiger partial charge in [0.15, 0.2) is 5.76 Å². The van der Waals surface area contributed by atoms with Crippen molar-refractivity contribution < 1.29 is 4.52 Å². The Bertz CT molecular complexity index is 983. The van der Waals surface area contributed by atoms with Crippen molar-refractivity contribution in [1.82, 2.24) is 19.9 Å². The van der Waals surface area contributed by atoms with Crippen LogP contribution in [0.2, 0.25) is 0 Å². The van der Waals surface area contributed by atoms with Crippen molar-refractivity contribution in [3.05, 3.63) is 58.5 Å². The average molecular weight is 397 g/mol. The van der Waals surface area contributed by atoms with E-state index in [9.17, 15) is 0 Å². The lowest BCUT2D eigenvalue weighted by atomic mass is 10.2. The van der Waals surface area contributed by atoms with Gasteiger partial charge in [-0.1, -0.05) is 23.4 Å². The summed E-state index contributed by atoms with van der Waals surface area (Å²) in [7, 11) is 0. The first-order chi connectivity index (χ1) is 13.3. The number of benzene rings is 1. The molecule has 0 atom stereocenters. The van der Waals surface area contributed by atoms with Gasteiger partial charge in [0.2, 0.25) is 0 Å². The molecule has 0 spiro atoms. The zero-order valence-corrected chi connectivity index (χ0v) is 16.5. The summed E-state index contributed by atoms with van der Waals surface area (Å²) in [6, 6.07) is 14.5. The molecule has 0 saturated carbocycles. The molecule has 7 heteroatoms. The normalized spacial score (nSPS) is 16.3. The van der Waals surface area contributed by atoms with Crippen LogP contribution in [0, 0.1) is 0 Å². The van der Waals surface area contributed by atoms with Gasteiger partial charge in [0, 0.05) is 38.8 Å². The Hall–Kier alpha value is -2.06. The molecule has 1 aromatic carbocycles. The Morgan fingerprint density at radius 1 is 0.963 bits per heavy atom. The number of hydrogen-bond donors (Lipinski definition) is 0. The van der Waals surface area contributed by atoms with Crippen LogP contribution in [0.3, 0.4) is 0 Å². The molecule has 3 aromatic heterocycles. The minimum absolute atomic E-state index is 0.851. The van der Waals surface area contributed by atoms with Crippen molar-refractivity contribution in [2.75, 3.05) is 26.2 Å². The third-order valence-corrected chi connectivity index (χ3v) is 6.78. The predicted molar refractivity (Wildman–Crippen MR) is 110 cm³/mol. The zero-order chi connectivity index (χ0) is 18.1. The summed E-state index contributed by atoms with van der Waals surface area (Å²) in [5, 5.41) is 7.51. The molecule has 0 amide bonds. The average Bonchev–Trinajstić information content (AvgIpc) is 3.43. The number of aromatic nitrogens is 2. The quantitative estimate of drug-likeness (QED) is 0.502. The van der Waals surface area contributed by atoms with Gasteiger partial charge in [-0.2, -0.15) is 0 Å². The maximum absolute atomic E-state index is 5.50. The molecule has 1 saturated heterocycles. The Labute approximate surface area is 165 Å². The predicted octanol–water partition coefficient (Wildman–Crippen LogP) is 4.33. The van der Waals surface area contributed by atoms with Crippen LogP contribution < -0.4 is 0 Å². The largest absolute Gasteiger partial charge is 0.355 e. The molecule has 27 heavy (non-hydrogen) atoms. The van der Waals surface area contributed by atoms with E-state index >= 15 is 0 Å². The van der Waals surface area contributed by atoms with Gasteiger partial charge < -0.3 is 4.52 Å². The van der Waals surface area contributed by atoms with Gasteiger partial charge in [0.1, 0.15) is 5.01 Å². The van der Waals surface area contributed by atoms with E-state index in [2.05, 4.69) is 56.7 Å². The number of thiophene rings is 1. The van der Waals surface area contributed by atoms with Gasteiger partial charge in [-0.25, -0.2) is 4.98 Å². The molecule has 4 aromatic rings. The molecule has 0 bridgehead atoms. The first kappa shape index (κ1) is 17.1. The first-order valence-electron chi connectivity index (χ1n) is 9.12. The van der Waals surface area contributed by atoms with Crippen LogP contribution in [0.15, 0.2) is 52.4 Å². The Kier molecular flexibility index (Phi) is 4.75. The van der Waals surface area contributed by atoms with Crippen LogP contribution in [-0.4, -0.2) is 46.1 Å². The molecule has 0 N–H and O–H groups in total. The number of hydrogen-bond acceptors (Lipinski definition) is 7. The minimum Gasteiger partial charge on any atom is -0.355 e. The van der Waals surface area contributed by atoms with E-state index in [-0.39, 0.29) is 0 Å². The van der Waals surface area contributed by atoms with E-state index in [4.69, 9.17) is 9.51 Å². The van der Waals surface area contributed by atoms with Gasteiger partial charge in [-0.05, 0) is 23.6 Å². The number of para-hydroxylation sites is 1. The van der Waals surface area contributed by atoms with Gasteiger partial charge in [0.05, 0.1) is 27.3 Å². The fraction of sp³-hybridized carbons (Fsp3) is 0.300. The van der Waals surface area contributed by atoms with E-state index in [1.54, 1.807) is 11.3 Å². The van der Waals surface area contributed by atoms with E-state index in [0.29, 0.717) is 0 Å². The van der Waals surface area contributed by atoms with Crippen LogP contribution in [0.1, 0.15) is 10.7 Å². The molecule has 4 heterocycles. The topological polar surface area (TPSA) is 45.4 Å². The standard InChI is InChI=1S/C20H20N4OS2/c1-2-5-18-16(4-1)21-20(27-18)14-24-9-7-23(8-10-24)13-15-12-17(25-22-15)19-6-3-11-26-19/h1-6,11-12H,7-10,13-14H2. The molecule has 0 aliphatic carbocycles. The van der Waals surface area contributed by atoms with Crippen molar-refractivity contribution in [3.63, 3.8) is 0 Å². The molecule has 1 fully saturated rings. The van der Waals surface area contributed by atoms with Gasteiger partial charge >= 0.3 is 0 Å². The van der Waals surface area contributed by atoms with Crippen LogP contribution >= 0.6 is 22.7 Å². The highest BCUT2D eigenvalue weighted by molar-refractivity contribution is 7.18. The highest BCUT2D eigenvalue weighted by Gasteiger charge is 2.20. The molecule has 0 radical (unpaired) electrons. The Morgan fingerprint density at radius 3 is 2.56 bits per heavy atom. The summed E-state index contributed by atoms with van der Waals surface area (Å²) in [4.78, 5) is 10.8. The van der Waals surface area contributed by atoms with Crippen molar-refractivity contribution in [2.24, 2.45) is 0 Å². The van der Waals surface area contributed by atoms with Gasteiger partial charge in [-0.3, -0.25) is 9.80 Å². The summed E-state index contributed by atoms with van der Waals surface area (Å²) in [5.41, 5.74) is 2.13. The lowest BCUT2D eigenvalue weighted by Crippen LogP contribution is -2.45. The fourth-order valence-electron chi connectivity index (χ4n) is 3.43. The van der Waals surface area contributed by atoms with Gasteiger partial charge in [-0.15, -0.1) is 22.7 Å². The molecular formula is C20H20N4OS2. The second-order valence-electron chi connectivity index (χ2n) is 6.79. The number of piperazine rings is 1. The van der Waals surface area contributed by atoms with E-state index in [0.717, 1.165) is 61.1 Å². The number of rotatable bonds is 5. The van der Waals surface area contributed by atoms with Crippen molar-refractivity contribution >= 4 is 32.9 Å². The zero-order valence-electron chi connectivity index (χ0n) is 14.9. The molecule has 0 unspecified atom stereocenters. The second kappa shape index (κ2) is 7.52. The maximum atomic E-state index is 5.50. The third-order valence-electron chi connectivity index (χ3n) is 4.87. The van der Waals surface area contributed by atoms with Crippen LogP contribution in [0.4, 0.5) is 0 Å². The summed E-state index contributed by atoms with van der Waals surface area (Å²) in [5.74, 6) is 0.870. The van der Waals surface area contributed by atoms with Crippen molar-refractivity contribution in [3.8, 4) is 10.6 Å². The molecular weight excluding hydrogens is 376 g/mol. The summed E-state index contributed by atoms with van der Waals surface area (Å²) >= 11 is 3.49. The smallest absolute Gasteiger partial charge is 0.177 e. The second-order valence-corrected chi connectivity index (χ2v) is 8.85. The van der Waals surface area contributed by atoms with Crippen LogP contribution in [-0.2, 0) is 13.1 Å². The molecule has 1 aliphatic rings. The SMILES string of the molecule is c1csc(-c2cc(CN3CCN(Cc4nc5ccccc5s4)CC3)no2)c1. The Balaban J connectivity index is 1.16. The molecule has 5 rings (SSSR count). The summed E-state index contributed by atoms with van der Waals surface area (Å²) in [6.07, 6.45) is 0. The molecule has 138 valence electrons. The molecule has 1 aliphatic heterocycles. The summed E-state index contributed by atoms with van der Waals surface area (Å²) < 4.78 is 6.77. The maximum Gasteiger partial charge on any atom is 0.177 e. The van der Waals surface area contributed by atoms with Crippen LogP contribution in [0.25, 0.3) is 20.9 Å². The highest BCUT2D eigenvalue weighted by Crippen LogP contribution is 2.26. The number of thiazole rings is 1.